The zero-order valence-corrected chi connectivity index (χ0v) is 28.3. The number of halogens is 3. The maximum atomic E-state index is 10.1. The summed E-state index contributed by atoms with van der Waals surface area (Å²) in [5.41, 5.74) is 6.01. The van der Waals surface area contributed by atoms with Crippen molar-refractivity contribution in [1.29, 1.82) is 0 Å². The molecule has 0 bridgehead atoms. The summed E-state index contributed by atoms with van der Waals surface area (Å²) in [5.74, 6) is 2.21. The van der Waals surface area contributed by atoms with Crippen molar-refractivity contribution in [3.8, 4) is 11.5 Å². The van der Waals surface area contributed by atoms with Gasteiger partial charge in [-0.25, -0.2) is 0 Å². The van der Waals surface area contributed by atoms with Crippen LogP contribution in [0.15, 0.2) is 29.4 Å². The Hall–Kier alpha value is 0.490. The summed E-state index contributed by atoms with van der Waals surface area (Å²) in [5, 5.41) is 10.1. The second-order valence-corrected chi connectivity index (χ2v) is 10.1. The van der Waals surface area contributed by atoms with Crippen molar-refractivity contribution in [1.82, 2.24) is 0 Å². The van der Waals surface area contributed by atoms with Crippen molar-refractivity contribution in [2.75, 3.05) is 0 Å². The summed E-state index contributed by atoms with van der Waals surface area (Å²) in [4.78, 5) is 0. The lowest BCUT2D eigenvalue weighted by atomic mass is 9.86. The van der Waals surface area contributed by atoms with Crippen LogP contribution in [0.5, 0.6) is 11.5 Å². The summed E-state index contributed by atoms with van der Waals surface area (Å²) in [7, 11) is 0. The molecule has 0 spiro atoms. The standard InChI is InChI=1S/C28H44O2.I2.HI/c1-20(2)11-8-12-21(3)13-9-14-22(4)15-10-17-28(7)18-16-25-19-26(29)23(5)24(6)27(25)30-28;1-2;/h11,15,19,21,29H,8-10,12-14,16-18H2,1-7H3;;1H/b22-15+;;. The highest BCUT2D eigenvalue weighted by atomic mass is 128. The van der Waals surface area contributed by atoms with Crippen LogP contribution in [0.25, 0.3) is 0 Å². The molecule has 1 aromatic rings. The highest BCUT2D eigenvalue weighted by Crippen LogP contribution is 2.41. The van der Waals surface area contributed by atoms with Crippen LogP contribution in [0.1, 0.15) is 103 Å². The molecule has 1 N–H and O–H groups in total. The van der Waals surface area contributed by atoms with Crippen LogP contribution in [0.2, 0.25) is 0 Å². The third-order valence-electron chi connectivity index (χ3n) is 6.81. The molecular formula is C28H45I3O2. The predicted molar refractivity (Wildman–Crippen MR) is 173 cm³/mol. The summed E-state index contributed by atoms with van der Waals surface area (Å²) in [6, 6.07) is 1.89. The molecule has 190 valence electrons. The molecular weight excluding hydrogens is 749 g/mol. The van der Waals surface area contributed by atoms with Crippen molar-refractivity contribution in [3.63, 3.8) is 0 Å². The summed E-state index contributed by atoms with van der Waals surface area (Å²) < 4.78 is 6.49. The minimum absolute atomic E-state index is 0. The van der Waals surface area contributed by atoms with Crippen molar-refractivity contribution in [2.45, 2.75) is 112 Å². The fourth-order valence-corrected chi connectivity index (χ4v) is 4.40. The SMILES string of the molecule is CC(C)=CCCC(C)CCC/C(C)=C/CCC1(C)CCc2cc(O)c(C)c(C)c2O1.I.II. The molecule has 1 aliphatic heterocycles. The van der Waals surface area contributed by atoms with Gasteiger partial charge in [0.1, 0.15) is 17.1 Å². The van der Waals surface area contributed by atoms with Gasteiger partial charge in [0.2, 0.25) is 0 Å². The van der Waals surface area contributed by atoms with Gasteiger partial charge in [0.05, 0.1) is 0 Å². The number of rotatable bonds is 10. The van der Waals surface area contributed by atoms with E-state index in [1.807, 2.05) is 13.0 Å². The van der Waals surface area contributed by atoms with E-state index in [9.17, 15) is 5.11 Å². The van der Waals surface area contributed by atoms with E-state index >= 15 is 0 Å². The zero-order valence-electron chi connectivity index (χ0n) is 21.7. The maximum absolute atomic E-state index is 10.1. The lowest BCUT2D eigenvalue weighted by Crippen LogP contribution is -2.36. The second-order valence-electron chi connectivity index (χ2n) is 10.1. The molecule has 0 amide bonds. The molecule has 0 fully saturated rings. The Bertz CT molecular complexity index is 782. The number of hydrogen-bond acceptors (Lipinski definition) is 2. The summed E-state index contributed by atoms with van der Waals surface area (Å²) >= 11 is 4.24. The Morgan fingerprint density at radius 2 is 1.79 bits per heavy atom. The first-order valence-corrected chi connectivity index (χ1v) is 18.3. The average molecular weight is 794 g/mol. The minimum Gasteiger partial charge on any atom is -0.508 e. The molecule has 33 heavy (non-hydrogen) atoms. The van der Waals surface area contributed by atoms with Gasteiger partial charge in [-0.05, 0) is 122 Å². The number of phenols is 1. The molecule has 0 aliphatic carbocycles. The number of phenolic OH excluding ortho intramolecular Hbond substituents is 1. The van der Waals surface area contributed by atoms with Gasteiger partial charge in [-0.1, -0.05) is 36.6 Å². The molecule has 2 rings (SSSR count). The van der Waals surface area contributed by atoms with E-state index in [1.165, 1.54) is 43.3 Å². The number of aromatic hydroxyl groups is 1. The van der Waals surface area contributed by atoms with Crippen molar-refractivity contribution in [2.24, 2.45) is 5.92 Å². The molecule has 2 unspecified atom stereocenters. The van der Waals surface area contributed by atoms with E-state index < -0.39 is 0 Å². The molecule has 5 heteroatoms. The van der Waals surface area contributed by atoms with Crippen LogP contribution >= 0.6 is 61.2 Å². The topological polar surface area (TPSA) is 29.5 Å². The third kappa shape index (κ3) is 11.8. The van der Waals surface area contributed by atoms with Gasteiger partial charge in [-0.15, -0.1) is 24.0 Å². The molecule has 2 atom stereocenters. The fourth-order valence-electron chi connectivity index (χ4n) is 4.40. The van der Waals surface area contributed by atoms with E-state index in [4.69, 9.17) is 4.74 Å². The average Bonchev–Trinajstić information content (AvgIpc) is 2.74. The number of fused-ring (bicyclic) bond motifs is 1. The van der Waals surface area contributed by atoms with E-state index in [1.54, 1.807) is 0 Å². The number of benzene rings is 1. The molecule has 2 nitrogen and oxygen atoms in total. The van der Waals surface area contributed by atoms with Crippen LogP contribution in [0.4, 0.5) is 0 Å². The van der Waals surface area contributed by atoms with Crippen molar-refractivity contribution in [3.05, 3.63) is 46.1 Å². The van der Waals surface area contributed by atoms with E-state index in [0.717, 1.165) is 54.0 Å². The summed E-state index contributed by atoms with van der Waals surface area (Å²) in [6.45, 7) is 15.3. The zero-order chi connectivity index (χ0) is 24.3. The first-order valence-electron chi connectivity index (χ1n) is 12.1. The number of hydrogen-bond donors (Lipinski definition) is 1. The molecule has 1 aromatic carbocycles. The highest BCUT2D eigenvalue weighted by Gasteiger charge is 2.32. The Labute approximate surface area is 244 Å². The predicted octanol–water partition coefficient (Wildman–Crippen LogP) is 10.8. The van der Waals surface area contributed by atoms with Gasteiger partial charge in [-0.2, -0.15) is 0 Å². The van der Waals surface area contributed by atoms with E-state index in [0.29, 0.717) is 5.75 Å². The Morgan fingerprint density at radius 1 is 1.12 bits per heavy atom. The number of ether oxygens (including phenoxy) is 1. The number of allylic oxidation sites excluding steroid dienone is 4. The molecule has 0 saturated carbocycles. The van der Waals surface area contributed by atoms with E-state index in [-0.39, 0.29) is 29.6 Å². The van der Waals surface area contributed by atoms with E-state index in [2.05, 4.69) is 90.9 Å². The van der Waals surface area contributed by atoms with Crippen LogP contribution in [0, 0.1) is 19.8 Å². The normalized spacial score (nSPS) is 18.2. The monoisotopic (exact) mass is 794 g/mol. The fraction of sp³-hybridized carbons (Fsp3) is 0.643. The van der Waals surface area contributed by atoms with Gasteiger partial charge in [0, 0.05) is 37.2 Å². The van der Waals surface area contributed by atoms with Crippen molar-refractivity contribution < 1.29 is 9.84 Å². The van der Waals surface area contributed by atoms with Gasteiger partial charge >= 0.3 is 0 Å². The maximum Gasteiger partial charge on any atom is 0.126 e. The van der Waals surface area contributed by atoms with Gasteiger partial charge < -0.3 is 9.84 Å². The molecule has 1 heterocycles. The first-order chi connectivity index (χ1) is 15.1. The Balaban J connectivity index is 0.00000332. The minimum atomic E-state index is -0.114. The van der Waals surface area contributed by atoms with Crippen LogP contribution in [-0.4, -0.2) is 10.7 Å². The third-order valence-corrected chi connectivity index (χ3v) is 6.81. The summed E-state index contributed by atoms with van der Waals surface area (Å²) in [6.07, 6.45) is 15.3. The van der Waals surface area contributed by atoms with Gasteiger partial charge in [0.15, 0.2) is 0 Å². The van der Waals surface area contributed by atoms with Gasteiger partial charge in [0.25, 0.3) is 0 Å². The van der Waals surface area contributed by atoms with Crippen LogP contribution in [0.3, 0.4) is 0 Å². The van der Waals surface area contributed by atoms with Gasteiger partial charge in [-0.3, -0.25) is 0 Å². The Morgan fingerprint density at radius 3 is 2.42 bits per heavy atom. The lowest BCUT2D eigenvalue weighted by Gasteiger charge is -2.37. The molecule has 0 saturated heterocycles. The lowest BCUT2D eigenvalue weighted by molar-refractivity contribution is 0.0560. The van der Waals surface area contributed by atoms with Crippen molar-refractivity contribution >= 4 is 61.2 Å². The first kappa shape index (κ1) is 33.5. The quantitative estimate of drug-likeness (QED) is 0.189. The largest absolute Gasteiger partial charge is 0.508 e. The highest BCUT2D eigenvalue weighted by molar-refractivity contribution is 15.0. The molecule has 0 radical (unpaired) electrons. The smallest absolute Gasteiger partial charge is 0.126 e. The van der Waals surface area contributed by atoms with Crippen LogP contribution in [-0.2, 0) is 6.42 Å². The Kier molecular flexibility index (Phi) is 17.3. The molecule has 1 aliphatic rings. The van der Waals surface area contributed by atoms with Crippen LogP contribution < -0.4 is 4.74 Å². The second kappa shape index (κ2) is 17.0. The number of aryl methyl sites for hydroxylation is 1. The molecule has 0 aromatic heterocycles.